The average molecular weight is 262 g/mol. The third-order valence-corrected chi connectivity index (χ3v) is 1.92. The van der Waals surface area contributed by atoms with Crippen molar-refractivity contribution in [2.75, 3.05) is 0 Å². The number of carbonyl (C=O) groups excluding carboxylic acids is 1. The second-order valence-corrected chi connectivity index (χ2v) is 3.08. The van der Waals surface area contributed by atoms with Crippen molar-refractivity contribution in [2.45, 2.75) is 6.43 Å². The first-order chi connectivity index (χ1) is 7.88. The summed E-state index contributed by atoms with van der Waals surface area (Å²) in [7, 11) is 0. The molecule has 1 aromatic rings. The van der Waals surface area contributed by atoms with Crippen molar-refractivity contribution in [1.29, 1.82) is 5.26 Å². The fourth-order valence-corrected chi connectivity index (χ4v) is 1.18. The van der Waals surface area contributed by atoms with Crippen molar-refractivity contribution < 1.29 is 18.5 Å². The van der Waals surface area contributed by atoms with Crippen LogP contribution >= 0.6 is 11.6 Å². The quantitative estimate of drug-likeness (QED) is 0.472. The van der Waals surface area contributed by atoms with Crippen LogP contribution in [0, 0.1) is 21.4 Å². The highest BCUT2D eigenvalue weighted by Crippen LogP contribution is 2.30. The molecule has 0 aliphatic rings. The van der Waals surface area contributed by atoms with Crippen LogP contribution in [0.1, 0.15) is 28.2 Å². The van der Waals surface area contributed by atoms with Crippen molar-refractivity contribution in [3.05, 3.63) is 33.1 Å². The van der Waals surface area contributed by atoms with Crippen LogP contribution in [0.25, 0.3) is 0 Å². The number of nitro groups is 1. The summed E-state index contributed by atoms with van der Waals surface area (Å²) >= 11 is 5.02. The zero-order chi connectivity index (χ0) is 13.2. The van der Waals surface area contributed by atoms with E-state index in [1.54, 1.807) is 0 Å². The molecule has 0 saturated carbocycles. The van der Waals surface area contributed by atoms with Gasteiger partial charge < -0.3 is 0 Å². The van der Waals surface area contributed by atoms with E-state index in [0.717, 1.165) is 0 Å². The summed E-state index contributed by atoms with van der Waals surface area (Å²) in [5.74, 6) is 0. The van der Waals surface area contributed by atoms with Crippen molar-refractivity contribution >= 4 is 22.5 Å². The van der Waals surface area contributed by atoms with E-state index in [0.29, 0.717) is 6.07 Å². The summed E-state index contributed by atoms with van der Waals surface area (Å²) < 4.78 is 25.0. The fraction of sp³-hybridized carbons (Fsp3) is 0.125. The van der Waals surface area contributed by atoms with Gasteiger partial charge in [0.25, 0.3) is 11.7 Å². The Hall–Kier alpha value is -2.14. The summed E-state index contributed by atoms with van der Waals surface area (Å²) in [5, 5.41) is 18.0. The molecule has 1 heterocycles. The first-order valence-electron chi connectivity index (χ1n) is 3.96. The normalized spacial score (nSPS) is 10.1. The van der Waals surface area contributed by atoms with E-state index in [2.05, 4.69) is 4.98 Å². The van der Waals surface area contributed by atoms with Gasteiger partial charge in [0.15, 0.2) is 5.69 Å². The lowest BCUT2D eigenvalue weighted by atomic mass is 10.1. The largest absolute Gasteiger partial charge is 0.314 e. The van der Waals surface area contributed by atoms with Crippen LogP contribution in [0.4, 0.5) is 14.5 Å². The highest BCUT2D eigenvalue weighted by Gasteiger charge is 2.29. The molecule has 0 N–H and O–H groups in total. The SMILES string of the molecule is N#Cc1cc(C(=O)Cl)nc(C(F)F)c1[N+](=O)[O-]. The number of carbonyl (C=O) groups is 1. The van der Waals surface area contributed by atoms with Crippen molar-refractivity contribution in [3.63, 3.8) is 0 Å². The van der Waals surface area contributed by atoms with Crippen LogP contribution in [0.15, 0.2) is 6.07 Å². The first kappa shape index (κ1) is 12.9. The van der Waals surface area contributed by atoms with Gasteiger partial charge in [0.2, 0.25) is 0 Å². The topological polar surface area (TPSA) is 96.9 Å². The monoisotopic (exact) mass is 261 g/mol. The zero-order valence-corrected chi connectivity index (χ0v) is 8.61. The molecule has 1 aromatic heterocycles. The Labute approximate surface area is 97.6 Å². The fourth-order valence-electron chi connectivity index (χ4n) is 1.09. The Morgan fingerprint density at radius 3 is 2.59 bits per heavy atom. The lowest BCUT2D eigenvalue weighted by Crippen LogP contribution is -2.06. The molecule has 0 aliphatic heterocycles. The zero-order valence-electron chi connectivity index (χ0n) is 7.85. The van der Waals surface area contributed by atoms with Crippen LogP contribution in [0.5, 0.6) is 0 Å². The van der Waals surface area contributed by atoms with Crippen LogP contribution in [0.3, 0.4) is 0 Å². The van der Waals surface area contributed by atoms with Gasteiger partial charge in [-0.2, -0.15) is 5.26 Å². The summed E-state index contributed by atoms with van der Waals surface area (Å²) in [4.78, 5) is 23.2. The van der Waals surface area contributed by atoms with Gasteiger partial charge in [-0.05, 0) is 17.7 Å². The van der Waals surface area contributed by atoms with E-state index in [-0.39, 0.29) is 0 Å². The van der Waals surface area contributed by atoms with Crippen LogP contribution in [0.2, 0.25) is 0 Å². The molecule has 0 bridgehead atoms. The van der Waals surface area contributed by atoms with Gasteiger partial charge in [0.05, 0.1) is 4.92 Å². The molecule has 17 heavy (non-hydrogen) atoms. The van der Waals surface area contributed by atoms with Crippen LogP contribution < -0.4 is 0 Å². The molecule has 0 aliphatic carbocycles. The van der Waals surface area contributed by atoms with Crippen LogP contribution in [-0.2, 0) is 0 Å². The third-order valence-electron chi connectivity index (χ3n) is 1.73. The molecule has 0 spiro atoms. The van der Waals surface area contributed by atoms with Crippen LogP contribution in [-0.4, -0.2) is 15.1 Å². The smallest absolute Gasteiger partial charge is 0.274 e. The number of aromatic nitrogens is 1. The molecule has 0 radical (unpaired) electrons. The van der Waals surface area contributed by atoms with E-state index in [9.17, 15) is 23.7 Å². The second-order valence-electron chi connectivity index (χ2n) is 2.73. The number of nitriles is 1. The average Bonchev–Trinajstić information content (AvgIpc) is 2.26. The molecule has 0 amide bonds. The summed E-state index contributed by atoms with van der Waals surface area (Å²) in [6.45, 7) is 0. The molecule has 1 rings (SSSR count). The van der Waals surface area contributed by atoms with Gasteiger partial charge in [-0.1, -0.05) is 0 Å². The van der Waals surface area contributed by atoms with Gasteiger partial charge in [-0.3, -0.25) is 14.9 Å². The Balaban J connectivity index is 3.65. The second kappa shape index (κ2) is 4.80. The molecule has 0 unspecified atom stereocenters. The Bertz CT molecular complexity index is 542. The molecule has 0 saturated heterocycles. The van der Waals surface area contributed by atoms with E-state index in [4.69, 9.17) is 16.9 Å². The Kier molecular flexibility index (Phi) is 3.65. The molecule has 88 valence electrons. The maximum atomic E-state index is 12.5. The summed E-state index contributed by atoms with van der Waals surface area (Å²) in [5.41, 5.74) is -3.70. The number of nitrogens with zero attached hydrogens (tertiary/aromatic N) is 3. The summed E-state index contributed by atoms with van der Waals surface area (Å²) in [6.07, 6.45) is -3.29. The van der Waals surface area contributed by atoms with Gasteiger partial charge >= 0.3 is 5.69 Å². The lowest BCUT2D eigenvalue weighted by Gasteiger charge is -2.03. The Morgan fingerprint density at radius 2 is 2.24 bits per heavy atom. The minimum absolute atomic E-state index is 0.635. The van der Waals surface area contributed by atoms with Gasteiger partial charge in [0.1, 0.15) is 17.3 Å². The Morgan fingerprint density at radius 1 is 1.65 bits per heavy atom. The van der Waals surface area contributed by atoms with Crippen molar-refractivity contribution in [1.82, 2.24) is 4.98 Å². The van der Waals surface area contributed by atoms with Gasteiger partial charge in [0, 0.05) is 0 Å². The maximum absolute atomic E-state index is 12.5. The number of rotatable bonds is 3. The molecular weight excluding hydrogens is 260 g/mol. The number of pyridine rings is 1. The van der Waals surface area contributed by atoms with Gasteiger partial charge in [-0.15, -0.1) is 0 Å². The predicted molar refractivity (Wildman–Crippen MR) is 50.7 cm³/mol. The number of halogens is 3. The molecular formula is C8H2ClF2N3O3. The minimum atomic E-state index is -3.29. The molecule has 0 aromatic carbocycles. The third kappa shape index (κ3) is 2.51. The molecule has 0 atom stereocenters. The minimum Gasteiger partial charge on any atom is -0.274 e. The van der Waals surface area contributed by atoms with Gasteiger partial charge in [-0.25, -0.2) is 13.8 Å². The van der Waals surface area contributed by atoms with E-state index >= 15 is 0 Å². The highest BCUT2D eigenvalue weighted by molar-refractivity contribution is 6.67. The standard InChI is InChI=1S/C8H2ClF2N3O3/c9-7(15)4-1-3(2-12)6(14(16)17)5(13-4)8(10)11/h1,8H. The molecule has 0 fully saturated rings. The molecule has 6 nitrogen and oxygen atoms in total. The molecule has 9 heteroatoms. The first-order valence-corrected chi connectivity index (χ1v) is 4.33. The maximum Gasteiger partial charge on any atom is 0.314 e. The predicted octanol–water partition coefficient (Wildman–Crippen LogP) is 2.18. The highest BCUT2D eigenvalue weighted by atomic mass is 35.5. The lowest BCUT2D eigenvalue weighted by molar-refractivity contribution is -0.386. The van der Waals surface area contributed by atoms with E-state index in [1.807, 2.05) is 0 Å². The number of hydrogen-bond acceptors (Lipinski definition) is 5. The van der Waals surface area contributed by atoms with E-state index in [1.165, 1.54) is 6.07 Å². The van der Waals surface area contributed by atoms with Crippen molar-refractivity contribution in [2.24, 2.45) is 0 Å². The number of alkyl halides is 2. The summed E-state index contributed by atoms with van der Waals surface area (Å²) in [6, 6.07) is 2.04. The van der Waals surface area contributed by atoms with Crippen molar-refractivity contribution in [3.8, 4) is 6.07 Å². The number of hydrogen-bond donors (Lipinski definition) is 0. The van der Waals surface area contributed by atoms with E-state index < -0.39 is 39.2 Å².